The molecule has 2 N–H and O–H groups in total. The lowest BCUT2D eigenvalue weighted by Crippen LogP contribution is -2.50. The highest BCUT2D eigenvalue weighted by atomic mass is 127. The molecule has 0 saturated carbocycles. The first-order chi connectivity index (χ1) is 13.5. The first-order valence-electron chi connectivity index (χ1n) is 10.4. The van der Waals surface area contributed by atoms with Crippen LogP contribution in [-0.4, -0.2) is 68.6 Å². The summed E-state index contributed by atoms with van der Waals surface area (Å²) in [4.78, 5) is 9.33. The fourth-order valence-corrected chi connectivity index (χ4v) is 4.52. The second-order valence-electron chi connectivity index (χ2n) is 8.17. The van der Waals surface area contributed by atoms with Gasteiger partial charge in [-0.25, -0.2) is 0 Å². The molecule has 0 amide bonds. The number of hydrogen-bond acceptors (Lipinski definition) is 3. The first-order valence-corrected chi connectivity index (χ1v) is 11.1. The van der Waals surface area contributed by atoms with Crippen molar-refractivity contribution in [3.8, 4) is 0 Å². The maximum atomic E-state index is 6.14. The van der Waals surface area contributed by atoms with E-state index in [0.29, 0.717) is 22.0 Å². The van der Waals surface area contributed by atoms with Crippen LogP contribution in [0, 0.1) is 5.92 Å². The van der Waals surface area contributed by atoms with Crippen LogP contribution in [0.3, 0.4) is 0 Å². The number of piperidine rings is 2. The molecule has 1 atom stereocenters. The van der Waals surface area contributed by atoms with Crippen molar-refractivity contribution in [2.45, 2.75) is 38.3 Å². The molecule has 8 heteroatoms. The number of likely N-dealkylation sites (tertiary alicyclic amines) is 2. The fraction of sp³-hybridized carbons (Fsp3) is 0.667. The third kappa shape index (κ3) is 8.05. The van der Waals surface area contributed by atoms with Gasteiger partial charge in [-0.3, -0.25) is 9.89 Å². The van der Waals surface area contributed by atoms with Gasteiger partial charge in [0, 0.05) is 45.8 Å². The molecule has 0 aliphatic carbocycles. The average molecular weight is 554 g/mol. The van der Waals surface area contributed by atoms with Crippen molar-refractivity contribution in [2.24, 2.45) is 10.9 Å². The van der Waals surface area contributed by atoms with E-state index in [-0.39, 0.29) is 24.0 Å². The number of nitrogens with one attached hydrogen (secondary N) is 2. The first kappa shape index (κ1) is 25.0. The Hall–Kier alpha value is -0.280. The molecule has 164 valence electrons. The molecule has 1 aromatic rings. The van der Waals surface area contributed by atoms with E-state index in [4.69, 9.17) is 23.2 Å². The van der Waals surface area contributed by atoms with Crippen LogP contribution in [0.15, 0.2) is 23.2 Å². The molecule has 29 heavy (non-hydrogen) atoms. The predicted octanol–water partition coefficient (Wildman–Crippen LogP) is 4.08. The number of halogens is 3. The van der Waals surface area contributed by atoms with Crippen LogP contribution in [-0.2, 0) is 6.54 Å². The molecule has 2 saturated heterocycles. The van der Waals surface area contributed by atoms with Gasteiger partial charge >= 0.3 is 0 Å². The van der Waals surface area contributed by atoms with E-state index in [2.05, 4.69) is 38.5 Å². The maximum absolute atomic E-state index is 6.14. The third-order valence-corrected chi connectivity index (χ3v) is 6.56. The predicted molar refractivity (Wildman–Crippen MR) is 135 cm³/mol. The minimum atomic E-state index is 0. The Morgan fingerprint density at radius 2 is 1.90 bits per heavy atom. The molecule has 0 bridgehead atoms. The Morgan fingerprint density at radius 1 is 1.14 bits per heavy atom. The van der Waals surface area contributed by atoms with Gasteiger partial charge in [0.05, 0.1) is 10.0 Å². The summed E-state index contributed by atoms with van der Waals surface area (Å²) in [5.74, 6) is 1.65. The quantitative estimate of drug-likeness (QED) is 0.327. The van der Waals surface area contributed by atoms with Crippen molar-refractivity contribution < 1.29 is 0 Å². The van der Waals surface area contributed by atoms with Gasteiger partial charge in [0.15, 0.2) is 5.96 Å². The second kappa shape index (κ2) is 12.5. The van der Waals surface area contributed by atoms with E-state index < -0.39 is 0 Å². The van der Waals surface area contributed by atoms with E-state index in [1.54, 1.807) is 0 Å². The van der Waals surface area contributed by atoms with Crippen molar-refractivity contribution in [2.75, 3.05) is 46.8 Å². The molecule has 0 aromatic heterocycles. The molecule has 0 radical (unpaired) electrons. The highest BCUT2D eigenvalue weighted by molar-refractivity contribution is 14.0. The minimum absolute atomic E-state index is 0. The molecule has 2 aliphatic rings. The number of nitrogens with zero attached hydrogens (tertiary/aromatic N) is 3. The van der Waals surface area contributed by atoms with Gasteiger partial charge in [0.1, 0.15) is 0 Å². The molecular formula is C21H34Cl2IN5. The lowest BCUT2D eigenvalue weighted by molar-refractivity contribution is 0.197. The van der Waals surface area contributed by atoms with E-state index in [0.717, 1.165) is 45.0 Å². The summed E-state index contributed by atoms with van der Waals surface area (Å²) in [5, 5.41) is 8.41. The zero-order valence-corrected chi connectivity index (χ0v) is 21.3. The molecule has 1 aromatic carbocycles. The third-order valence-electron chi connectivity index (χ3n) is 5.82. The smallest absolute Gasteiger partial charge is 0.191 e. The van der Waals surface area contributed by atoms with Gasteiger partial charge in [0.25, 0.3) is 0 Å². The standard InChI is InChI=1S/C21H33Cl2N5.HI/c1-24-21(25-13-17-4-3-9-27(2)14-17)26-18-7-10-28(11-8-18)15-16-5-6-19(22)20(23)12-16;/h5-6,12,17-18H,3-4,7-11,13-15H2,1-2H3,(H2,24,25,26);1H. The van der Waals surface area contributed by atoms with Crippen molar-refractivity contribution in [1.29, 1.82) is 0 Å². The van der Waals surface area contributed by atoms with Crippen molar-refractivity contribution >= 4 is 53.1 Å². The van der Waals surface area contributed by atoms with Gasteiger partial charge in [-0.2, -0.15) is 0 Å². The van der Waals surface area contributed by atoms with Crippen molar-refractivity contribution in [3.63, 3.8) is 0 Å². The number of aliphatic imine (C=N–C) groups is 1. The molecule has 1 unspecified atom stereocenters. The van der Waals surface area contributed by atoms with Crippen LogP contribution in [0.25, 0.3) is 0 Å². The monoisotopic (exact) mass is 553 g/mol. The molecule has 2 fully saturated rings. The topological polar surface area (TPSA) is 42.9 Å². The lowest BCUT2D eigenvalue weighted by Gasteiger charge is -2.34. The SMILES string of the molecule is CN=C(NCC1CCCN(C)C1)NC1CCN(Cc2ccc(Cl)c(Cl)c2)CC1.I. The van der Waals surface area contributed by atoms with E-state index in [1.165, 1.54) is 31.5 Å². The van der Waals surface area contributed by atoms with E-state index in [9.17, 15) is 0 Å². The number of hydrogen-bond donors (Lipinski definition) is 2. The van der Waals surface area contributed by atoms with Gasteiger partial charge in [-0.15, -0.1) is 24.0 Å². The minimum Gasteiger partial charge on any atom is -0.356 e. The van der Waals surface area contributed by atoms with Crippen LogP contribution in [0.2, 0.25) is 10.0 Å². The Labute approximate surface area is 202 Å². The van der Waals surface area contributed by atoms with Crippen LogP contribution < -0.4 is 10.6 Å². The Kier molecular flexibility index (Phi) is 10.8. The Bertz CT molecular complexity index is 664. The normalized spacial score (nSPS) is 22.2. The summed E-state index contributed by atoms with van der Waals surface area (Å²) in [6, 6.07) is 6.40. The maximum Gasteiger partial charge on any atom is 0.191 e. The van der Waals surface area contributed by atoms with Gasteiger partial charge in [-0.05, 0) is 62.9 Å². The van der Waals surface area contributed by atoms with Crippen molar-refractivity contribution in [3.05, 3.63) is 33.8 Å². The molecule has 2 aliphatic heterocycles. The molecule has 5 nitrogen and oxygen atoms in total. The summed E-state index contributed by atoms with van der Waals surface area (Å²) in [5.41, 5.74) is 1.22. The Balaban J connectivity index is 0.00000300. The van der Waals surface area contributed by atoms with Crippen LogP contribution in [0.5, 0.6) is 0 Å². The summed E-state index contributed by atoms with van der Waals surface area (Å²) in [6.07, 6.45) is 4.84. The van der Waals surface area contributed by atoms with Crippen LogP contribution >= 0.6 is 47.2 Å². The van der Waals surface area contributed by atoms with Crippen LogP contribution in [0.1, 0.15) is 31.2 Å². The highest BCUT2D eigenvalue weighted by Crippen LogP contribution is 2.24. The lowest BCUT2D eigenvalue weighted by atomic mass is 9.98. The number of guanidine groups is 1. The fourth-order valence-electron chi connectivity index (χ4n) is 4.20. The highest BCUT2D eigenvalue weighted by Gasteiger charge is 2.21. The summed E-state index contributed by atoms with van der Waals surface area (Å²) in [7, 11) is 4.08. The average Bonchev–Trinajstić information content (AvgIpc) is 2.69. The summed E-state index contributed by atoms with van der Waals surface area (Å²) in [6.45, 7) is 6.47. The number of rotatable bonds is 5. The van der Waals surface area contributed by atoms with E-state index >= 15 is 0 Å². The molecule has 2 heterocycles. The van der Waals surface area contributed by atoms with Gasteiger partial charge < -0.3 is 15.5 Å². The molecule has 3 rings (SSSR count). The molecular weight excluding hydrogens is 520 g/mol. The van der Waals surface area contributed by atoms with Crippen molar-refractivity contribution in [1.82, 2.24) is 20.4 Å². The van der Waals surface area contributed by atoms with Gasteiger partial charge in [0.2, 0.25) is 0 Å². The van der Waals surface area contributed by atoms with E-state index in [1.807, 2.05) is 19.2 Å². The van der Waals surface area contributed by atoms with Gasteiger partial charge in [-0.1, -0.05) is 29.3 Å². The zero-order chi connectivity index (χ0) is 19.9. The summed E-state index contributed by atoms with van der Waals surface area (Å²) < 4.78 is 0. The number of benzene rings is 1. The summed E-state index contributed by atoms with van der Waals surface area (Å²) >= 11 is 12.2. The Morgan fingerprint density at radius 3 is 2.55 bits per heavy atom. The van der Waals surface area contributed by atoms with Crippen LogP contribution in [0.4, 0.5) is 0 Å². The zero-order valence-electron chi connectivity index (χ0n) is 17.5. The molecule has 0 spiro atoms. The largest absolute Gasteiger partial charge is 0.356 e. The second-order valence-corrected chi connectivity index (χ2v) is 8.98.